The maximum Gasteiger partial charge on any atom is 0.347 e. The van der Waals surface area contributed by atoms with Gasteiger partial charge in [-0.15, -0.1) is 11.3 Å². The van der Waals surface area contributed by atoms with Gasteiger partial charge in [-0.3, -0.25) is 14.5 Å². The van der Waals surface area contributed by atoms with Crippen molar-refractivity contribution >= 4 is 45.4 Å². The van der Waals surface area contributed by atoms with Crippen molar-refractivity contribution in [2.75, 3.05) is 27.2 Å². The minimum absolute atomic E-state index is 0.181. The van der Waals surface area contributed by atoms with Crippen LogP contribution in [0.25, 0.3) is 10.1 Å². The number of thiophene rings is 1. The lowest BCUT2D eigenvalue weighted by molar-refractivity contribution is -0.461. The third-order valence-electron chi connectivity index (χ3n) is 4.63. The lowest BCUT2D eigenvalue weighted by atomic mass is 10.1. The van der Waals surface area contributed by atoms with Crippen LogP contribution in [0.15, 0.2) is 46.7 Å². The highest BCUT2D eigenvalue weighted by Gasteiger charge is 2.36. The van der Waals surface area contributed by atoms with Crippen LogP contribution >= 0.6 is 18.9 Å². The Morgan fingerprint density at radius 3 is 2.63 bits per heavy atom. The zero-order valence-electron chi connectivity index (χ0n) is 18.7. The number of nitrogens with zero attached hydrogens (tertiary/aromatic N) is 2. The van der Waals surface area contributed by atoms with E-state index >= 15 is 0 Å². The second-order valence-electron chi connectivity index (χ2n) is 7.62. The number of nitrogens with one attached hydrogen (secondary N) is 2. The highest BCUT2D eigenvalue weighted by Crippen LogP contribution is 2.51. The predicted molar refractivity (Wildman–Crippen MR) is 130 cm³/mol. The zero-order chi connectivity index (χ0) is 25.8. The molecule has 0 saturated heterocycles. The predicted octanol–water partition coefficient (Wildman–Crippen LogP) is 2.34. The van der Waals surface area contributed by atoms with E-state index in [1.807, 2.05) is 23.4 Å². The molecule has 2 aromatic carbocycles. The van der Waals surface area contributed by atoms with Crippen LogP contribution in [0.5, 0.6) is 5.75 Å². The van der Waals surface area contributed by atoms with Crippen molar-refractivity contribution in [3.05, 3.63) is 59.4 Å². The van der Waals surface area contributed by atoms with Crippen LogP contribution in [0, 0.1) is 17.1 Å². The molecule has 1 heterocycles. The highest BCUT2D eigenvalue weighted by molar-refractivity contribution is 7.92. The third-order valence-corrected chi connectivity index (χ3v) is 8.91. The van der Waals surface area contributed by atoms with Crippen LogP contribution in [0.3, 0.4) is 0 Å². The van der Waals surface area contributed by atoms with Gasteiger partial charge in [0.15, 0.2) is 0 Å². The van der Waals surface area contributed by atoms with Gasteiger partial charge >= 0.3 is 7.60 Å². The first-order valence-electron chi connectivity index (χ1n) is 10.1. The minimum Gasteiger partial charge on any atom is -0.489 e. The molecule has 10 nitrogen and oxygen atoms in total. The Morgan fingerprint density at radius 1 is 1.26 bits per heavy atom. The molecular formula is C21H23FN4O6PS2+. The van der Waals surface area contributed by atoms with Gasteiger partial charge in [0.2, 0.25) is 6.34 Å². The number of sulfonamides is 1. The molecule has 3 rings (SSSR count). The fourth-order valence-electron chi connectivity index (χ4n) is 3.02. The smallest absolute Gasteiger partial charge is 0.347 e. The van der Waals surface area contributed by atoms with Gasteiger partial charge in [-0.25, -0.2) is 12.8 Å². The van der Waals surface area contributed by atoms with Crippen molar-refractivity contribution in [2.24, 2.45) is 0 Å². The fourth-order valence-corrected chi connectivity index (χ4v) is 6.99. The normalized spacial score (nSPS) is 12.7. The van der Waals surface area contributed by atoms with E-state index < -0.39 is 29.2 Å². The zero-order valence-corrected chi connectivity index (χ0v) is 21.2. The van der Waals surface area contributed by atoms with Crippen molar-refractivity contribution in [1.82, 2.24) is 10.0 Å². The number of fused-ring (bicyclic) bond motifs is 1. The largest absolute Gasteiger partial charge is 0.489 e. The Hall–Kier alpha value is -2.85. The van der Waals surface area contributed by atoms with E-state index in [4.69, 9.17) is 10.00 Å². The summed E-state index contributed by atoms with van der Waals surface area (Å²) in [5, 5.41) is 12.5. The molecule has 1 unspecified atom stereocenters. The van der Waals surface area contributed by atoms with E-state index in [1.54, 1.807) is 30.6 Å². The van der Waals surface area contributed by atoms with Gasteiger partial charge in [0.1, 0.15) is 40.8 Å². The van der Waals surface area contributed by atoms with E-state index in [2.05, 4.69) is 5.32 Å². The van der Waals surface area contributed by atoms with Crippen molar-refractivity contribution in [1.29, 1.82) is 5.26 Å². The first kappa shape index (κ1) is 26.7. The summed E-state index contributed by atoms with van der Waals surface area (Å²) < 4.78 is 62.0. The fraction of sp³-hybridized carbons (Fsp3) is 0.238. The Bertz CT molecular complexity index is 1460. The van der Waals surface area contributed by atoms with Crippen molar-refractivity contribution in [3.63, 3.8) is 0 Å². The number of ether oxygens (including phenoxy) is 1. The standard InChI is InChI=1S/C21H22FN4O6PS2/c1-26(2)13-24-7-8-32-17-5-6-19-16(9-17)11-20(34-19)35(30,31)25-21(33(27,28)29)14-3-4-15(12-23)18(22)10-14/h3-6,9-11,13,21,25H,7-8H2,1-2H3,(H2,27,28,29)/p+1. The molecule has 3 aromatic rings. The number of nitriles is 1. The molecule has 0 fully saturated rings. The quantitative estimate of drug-likeness (QED) is 0.100. The number of hydrogen-bond acceptors (Lipinski definition) is 6. The second-order valence-corrected chi connectivity index (χ2v) is 12.3. The van der Waals surface area contributed by atoms with Crippen molar-refractivity contribution < 1.29 is 36.5 Å². The van der Waals surface area contributed by atoms with E-state index in [0.29, 0.717) is 29.0 Å². The maximum atomic E-state index is 14.0. The molecule has 14 heteroatoms. The number of rotatable bonds is 10. The molecule has 186 valence electrons. The highest BCUT2D eigenvalue weighted by atomic mass is 32.2. The van der Waals surface area contributed by atoms with Crippen molar-refractivity contribution in [3.8, 4) is 11.8 Å². The average Bonchev–Trinajstić information content (AvgIpc) is 3.21. The molecule has 0 amide bonds. The lowest BCUT2D eigenvalue weighted by Gasteiger charge is -2.20. The SMILES string of the molecule is C[N+](C)=CNCCOc1ccc2sc(S(=O)(=O)NC(c3ccc(C#N)c(F)c3)P(=O)(O)O)cc2c1. The molecule has 35 heavy (non-hydrogen) atoms. The topological polar surface area (TPSA) is 152 Å². The average molecular weight is 542 g/mol. The summed E-state index contributed by atoms with van der Waals surface area (Å²) in [7, 11) is -5.73. The number of halogens is 1. The molecule has 0 aliphatic rings. The van der Waals surface area contributed by atoms with Gasteiger partial charge in [-0.2, -0.15) is 9.98 Å². The summed E-state index contributed by atoms with van der Waals surface area (Å²) in [6.45, 7) is 0.931. The van der Waals surface area contributed by atoms with Crippen molar-refractivity contribution in [2.45, 2.75) is 9.99 Å². The maximum absolute atomic E-state index is 14.0. The molecule has 1 aromatic heterocycles. The van der Waals surface area contributed by atoms with Gasteiger partial charge in [0, 0.05) is 4.70 Å². The molecule has 0 saturated carbocycles. The Balaban J connectivity index is 1.83. The third kappa shape index (κ3) is 6.85. The van der Waals surface area contributed by atoms with Crippen LogP contribution in [0.2, 0.25) is 0 Å². The molecular weight excluding hydrogens is 518 g/mol. The van der Waals surface area contributed by atoms with Crippen LogP contribution in [0.4, 0.5) is 4.39 Å². The van der Waals surface area contributed by atoms with E-state index in [-0.39, 0.29) is 15.3 Å². The monoisotopic (exact) mass is 541 g/mol. The van der Waals surface area contributed by atoms with E-state index in [1.165, 1.54) is 6.07 Å². The molecule has 4 N–H and O–H groups in total. The summed E-state index contributed by atoms with van der Waals surface area (Å²) in [6.07, 6.45) is 1.78. The minimum atomic E-state index is -5.09. The summed E-state index contributed by atoms with van der Waals surface area (Å²) in [5.41, 5.74) is -0.648. The number of benzene rings is 2. The Kier molecular flexibility index (Phi) is 8.27. The second kappa shape index (κ2) is 10.8. The molecule has 1 atom stereocenters. The van der Waals surface area contributed by atoms with E-state index in [0.717, 1.165) is 29.5 Å². The van der Waals surface area contributed by atoms with Gasteiger partial charge in [-0.05, 0) is 47.3 Å². The van der Waals surface area contributed by atoms with Gasteiger partial charge in [0.05, 0.1) is 19.7 Å². The van der Waals surface area contributed by atoms with Crippen LogP contribution < -0.4 is 14.8 Å². The molecule has 0 aliphatic heterocycles. The summed E-state index contributed by atoms with van der Waals surface area (Å²) in [5.74, 6) is -2.53. The van der Waals surface area contributed by atoms with E-state index in [9.17, 15) is 27.2 Å². The van der Waals surface area contributed by atoms with Gasteiger partial charge in [-0.1, -0.05) is 6.07 Å². The summed E-state index contributed by atoms with van der Waals surface area (Å²) >= 11 is 0.906. The van der Waals surface area contributed by atoms with Crippen LogP contribution in [0.1, 0.15) is 16.9 Å². The number of hydrogen-bond donors (Lipinski definition) is 4. The molecule has 0 bridgehead atoms. The first-order valence-corrected chi connectivity index (χ1v) is 14.1. The lowest BCUT2D eigenvalue weighted by Crippen LogP contribution is -2.28. The Labute approximate surface area is 205 Å². The van der Waals surface area contributed by atoms with Gasteiger partial charge < -0.3 is 14.5 Å². The first-order chi connectivity index (χ1) is 16.4. The summed E-state index contributed by atoms with van der Waals surface area (Å²) in [6, 6.07) is 10.8. The van der Waals surface area contributed by atoms with Crippen LogP contribution in [-0.4, -0.2) is 56.4 Å². The summed E-state index contributed by atoms with van der Waals surface area (Å²) in [4.78, 5) is 19.5. The molecule has 0 aliphatic carbocycles. The Morgan fingerprint density at radius 2 is 2.00 bits per heavy atom. The van der Waals surface area contributed by atoms with Crippen LogP contribution in [-0.2, 0) is 14.6 Å². The molecule has 0 radical (unpaired) electrons. The molecule has 0 spiro atoms. The van der Waals surface area contributed by atoms with Gasteiger partial charge in [0.25, 0.3) is 10.0 Å².